The van der Waals surface area contributed by atoms with Crippen molar-refractivity contribution >= 4 is 16.9 Å². The van der Waals surface area contributed by atoms with E-state index in [2.05, 4.69) is 41.1 Å². The van der Waals surface area contributed by atoms with Crippen LogP contribution in [0.2, 0.25) is 0 Å². The zero-order valence-corrected chi connectivity index (χ0v) is 12.4. The molecule has 0 spiro atoms. The minimum absolute atomic E-state index is 0.927. The van der Waals surface area contributed by atoms with Crippen LogP contribution < -0.4 is 10.6 Å². The molecule has 3 rings (SSSR count). The van der Waals surface area contributed by atoms with Gasteiger partial charge in [0.1, 0.15) is 0 Å². The van der Waals surface area contributed by atoms with Crippen LogP contribution in [0, 0.1) is 0 Å². The van der Waals surface area contributed by atoms with Crippen LogP contribution in [0.4, 0.5) is 11.4 Å². The summed E-state index contributed by atoms with van der Waals surface area (Å²) in [5, 5.41) is 0. The first-order valence-electron chi connectivity index (χ1n) is 7.76. The third-order valence-corrected chi connectivity index (χ3v) is 4.54. The van der Waals surface area contributed by atoms with Crippen molar-refractivity contribution in [2.45, 2.75) is 25.7 Å². The molecule has 108 valence electrons. The van der Waals surface area contributed by atoms with Gasteiger partial charge >= 0.3 is 0 Å². The predicted octanol–water partition coefficient (Wildman–Crippen LogP) is 2.98. The molecule has 0 radical (unpaired) electrons. The number of hydrogen-bond acceptors (Lipinski definition) is 3. The topological polar surface area (TPSA) is 32.5 Å². The molecule has 1 aliphatic heterocycles. The van der Waals surface area contributed by atoms with Gasteiger partial charge < -0.3 is 15.5 Å². The van der Waals surface area contributed by atoms with E-state index in [1.54, 1.807) is 0 Å². The van der Waals surface area contributed by atoms with Crippen molar-refractivity contribution in [3.8, 4) is 0 Å². The molecule has 1 aromatic carbocycles. The summed E-state index contributed by atoms with van der Waals surface area (Å²) < 4.78 is 0. The SMILES string of the molecule is CN1CCN(c2ccc(N)c(C3=CCCCC3)c2)CC1. The number of likely N-dealkylation sites (N-methyl/N-ethyl adjacent to an activating group) is 1. The minimum Gasteiger partial charge on any atom is -0.398 e. The van der Waals surface area contributed by atoms with E-state index < -0.39 is 0 Å². The second-order valence-corrected chi connectivity index (χ2v) is 6.04. The zero-order valence-electron chi connectivity index (χ0n) is 12.4. The van der Waals surface area contributed by atoms with Crippen LogP contribution in [-0.2, 0) is 0 Å². The molecule has 1 heterocycles. The fraction of sp³-hybridized carbons (Fsp3) is 0.529. The maximum absolute atomic E-state index is 6.20. The van der Waals surface area contributed by atoms with Crippen molar-refractivity contribution in [3.05, 3.63) is 29.8 Å². The first-order valence-corrected chi connectivity index (χ1v) is 7.76. The Morgan fingerprint density at radius 1 is 1.05 bits per heavy atom. The van der Waals surface area contributed by atoms with E-state index in [9.17, 15) is 0 Å². The lowest BCUT2D eigenvalue weighted by atomic mass is 9.92. The van der Waals surface area contributed by atoms with Crippen molar-refractivity contribution in [3.63, 3.8) is 0 Å². The lowest BCUT2D eigenvalue weighted by molar-refractivity contribution is 0.313. The Hall–Kier alpha value is -1.48. The highest BCUT2D eigenvalue weighted by Gasteiger charge is 2.16. The number of hydrogen-bond donors (Lipinski definition) is 1. The molecular formula is C17H25N3. The van der Waals surface area contributed by atoms with Gasteiger partial charge in [-0.15, -0.1) is 0 Å². The van der Waals surface area contributed by atoms with Crippen LogP contribution >= 0.6 is 0 Å². The Labute approximate surface area is 122 Å². The van der Waals surface area contributed by atoms with Crippen LogP contribution in [0.3, 0.4) is 0 Å². The molecule has 1 fully saturated rings. The van der Waals surface area contributed by atoms with Crippen molar-refractivity contribution < 1.29 is 0 Å². The van der Waals surface area contributed by atoms with E-state index in [-0.39, 0.29) is 0 Å². The second kappa shape index (κ2) is 5.88. The maximum atomic E-state index is 6.20. The summed E-state index contributed by atoms with van der Waals surface area (Å²) in [4.78, 5) is 4.87. The fourth-order valence-electron chi connectivity index (χ4n) is 3.17. The first-order chi connectivity index (χ1) is 9.74. The summed E-state index contributed by atoms with van der Waals surface area (Å²) in [6.07, 6.45) is 7.37. The molecule has 1 saturated heterocycles. The molecule has 20 heavy (non-hydrogen) atoms. The molecule has 2 N–H and O–H groups in total. The molecule has 2 aliphatic rings. The van der Waals surface area contributed by atoms with Gasteiger partial charge in [-0.05, 0) is 56.5 Å². The number of piperazine rings is 1. The highest BCUT2D eigenvalue weighted by Crippen LogP contribution is 2.33. The fourth-order valence-corrected chi connectivity index (χ4v) is 3.17. The zero-order chi connectivity index (χ0) is 13.9. The van der Waals surface area contributed by atoms with E-state index >= 15 is 0 Å². The summed E-state index contributed by atoms with van der Waals surface area (Å²) in [6.45, 7) is 4.50. The largest absolute Gasteiger partial charge is 0.398 e. The molecule has 0 aromatic heterocycles. The summed E-state index contributed by atoms with van der Waals surface area (Å²) >= 11 is 0. The third-order valence-electron chi connectivity index (χ3n) is 4.54. The van der Waals surface area contributed by atoms with Crippen LogP contribution in [0.1, 0.15) is 31.2 Å². The number of rotatable bonds is 2. The van der Waals surface area contributed by atoms with Crippen molar-refractivity contribution in [2.24, 2.45) is 0 Å². The molecule has 0 amide bonds. The van der Waals surface area contributed by atoms with Crippen molar-refractivity contribution in [1.82, 2.24) is 4.90 Å². The molecule has 0 atom stereocenters. The van der Waals surface area contributed by atoms with Crippen LogP contribution in [0.15, 0.2) is 24.3 Å². The number of anilines is 2. The van der Waals surface area contributed by atoms with Gasteiger partial charge in [0.2, 0.25) is 0 Å². The molecular weight excluding hydrogens is 246 g/mol. The highest BCUT2D eigenvalue weighted by atomic mass is 15.2. The molecule has 0 unspecified atom stereocenters. The Kier molecular flexibility index (Phi) is 3.97. The summed E-state index contributed by atoms with van der Waals surface area (Å²) in [5.74, 6) is 0. The van der Waals surface area contributed by atoms with Gasteiger partial charge in [-0.2, -0.15) is 0 Å². The van der Waals surface area contributed by atoms with Gasteiger partial charge in [-0.3, -0.25) is 0 Å². The van der Waals surface area contributed by atoms with Crippen LogP contribution in [-0.4, -0.2) is 38.1 Å². The van der Waals surface area contributed by atoms with Crippen molar-refractivity contribution in [2.75, 3.05) is 43.9 Å². The molecule has 0 saturated carbocycles. The quantitative estimate of drug-likeness (QED) is 0.839. The van der Waals surface area contributed by atoms with Gasteiger partial charge in [0.15, 0.2) is 0 Å². The van der Waals surface area contributed by atoms with Gasteiger partial charge in [0.05, 0.1) is 0 Å². The molecule has 3 heteroatoms. The second-order valence-electron chi connectivity index (χ2n) is 6.04. The number of nitrogen functional groups attached to an aromatic ring is 1. The normalized spacial score (nSPS) is 20.9. The van der Waals surface area contributed by atoms with Gasteiger partial charge in [-0.1, -0.05) is 6.08 Å². The number of nitrogens with two attached hydrogens (primary N) is 1. The lowest BCUT2D eigenvalue weighted by Gasteiger charge is -2.34. The average Bonchev–Trinajstić information content (AvgIpc) is 2.50. The van der Waals surface area contributed by atoms with Gasteiger partial charge in [-0.25, -0.2) is 0 Å². The lowest BCUT2D eigenvalue weighted by Crippen LogP contribution is -2.44. The highest BCUT2D eigenvalue weighted by molar-refractivity contribution is 5.78. The van der Waals surface area contributed by atoms with Crippen LogP contribution in [0.5, 0.6) is 0 Å². The third kappa shape index (κ3) is 2.83. The Balaban J connectivity index is 1.84. The van der Waals surface area contributed by atoms with Gasteiger partial charge in [0.25, 0.3) is 0 Å². The number of benzene rings is 1. The van der Waals surface area contributed by atoms with Crippen molar-refractivity contribution in [1.29, 1.82) is 0 Å². The van der Waals surface area contributed by atoms with E-state index in [4.69, 9.17) is 5.73 Å². The first kappa shape index (κ1) is 13.5. The monoisotopic (exact) mass is 271 g/mol. The van der Waals surface area contributed by atoms with E-state index in [0.717, 1.165) is 31.9 Å². The summed E-state index contributed by atoms with van der Waals surface area (Å²) in [6, 6.07) is 6.56. The standard InChI is InChI=1S/C17H25N3/c1-19-9-11-20(12-10-19)15-7-8-17(18)16(13-15)14-5-3-2-4-6-14/h5,7-8,13H,2-4,6,9-12,18H2,1H3. The molecule has 3 nitrogen and oxygen atoms in total. The Morgan fingerprint density at radius 2 is 1.85 bits per heavy atom. The molecule has 1 aromatic rings. The molecule has 0 bridgehead atoms. The number of allylic oxidation sites excluding steroid dienone is 2. The molecule has 1 aliphatic carbocycles. The van der Waals surface area contributed by atoms with Crippen LogP contribution in [0.25, 0.3) is 5.57 Å². The smallest absolute Gasteiger partial charge is 0.0391 e. The summed E-state index contributed by atoms with van der Waals surface area (Å²) in [7, 11) is 2.19. The Bertz CT molecular complexity index is 499. The van der Waals surface area contributed by atoms with Gasteiger partial charge in [0, 0.05) is 43.1 Å². The average molecular weight is 271 g/mol. The predicted molar refractivity (Wildman–Crippen MR) is 87.0 cm³/mol. The van der Waals surface area contributed by atoms with E-state index in [1.165, 1.54) is 42.5 Å². The van der Waals surface area contributed by atoms with E-state index in [1.807, 2.05) is 0 Å². The minimum atomic E-state index is 0.927. The number of nitrogens with zero attached hydrogens (tertiary/aromatic N) is 2. The van der Waals surface area contributed by atoms with E-state index in [0.29, 0.717) is 0 Å². The summed E-state index contributed by atoms with van der Waals surface area (Å²) in [5.41, 5.74) is 11.2. The Morgan fingerprint density at radius 3 is 2.55 bits per heavy atom. The maximum Gasteiger partial charge on any atom is 0.0391 e.